The Bertz CT molecular complexity index is 449. The van der Waals surface area contributed by atoms with E-state index in [1.165, 1.54) is 0 Å². The van der Waals surface area contributed by atoms with Crippen LogP contribution < -0.4 is 4.74 Å². The smallest absolute Gasteiger partial charge is 0.119 e. The fourth-order valence-corrected chi connectivity index (χ4v) is 1.79. The Morgan fingerprint density at radius 1 is 1.40 bits per heavy atom. The van der Waals surface area contributed by atoms with Crippen molar-refractivity contribution in [2.24, 2.45) is 4.99 Å². The lowest BCUT2D eigenvalue weighted by molar-refractivity contribution is 0.414. The maximum absolute atomic E-state index is 6.02. The minimum Gasteiger partial charge on any atom is -0.497 e. The highest BCUT2D eigenvalue weighted by atomic mass is 35.5. The van der Waals surface area contributed by atoms with E-state index in [0.717, 1.165) is 27.6 Å². The highest BCUT2D eigenvalue weighted by Gasteiger charge is 2.09. The molecule has 0 saturated heterocycles. The summed E-state index contributed by atoms with van der Waals surface area (Å²) < 4.78 is 5.18. The van der Waals surface area contributed by atoms with Gasteiger partial charge in [-0.05, 0) is 36.8 Å². The van der Waals surface area contributed by atoms with Crippen molar-refractivity contribution in [3.8, 4) is 5.75 Å². The van der Waals surface area contributed by atoms with Crippen LogP contribution in [0.1, 0.15) is 18.1 Å². The van der Waals surface area contributed by atoms with Crippen LogP contribution in [0.4, 0.5) is 0 Å². The molecule has 3 heteroatoms. The number of benzene rings is 1. The molecule has 78 valence electrons. The number of halogens is 1. The van der Waals surface area contributed by atoms with Crippen LogP contribution in [0.15, 0.2) is 28.2 Å². The summed E-state index contributed by atoms with van der Waals surface area (Å²) in [5.74, 6) is 0.837. The SMILES string of the molecule is COc1ccc2c(c1)C=C(Cl)CN=C2C. The molecule has 0 spiro atoms. The van der Waals surface area contributed by atoms with Gasteiger partial charge in [-0.3, -0.25) is 4.99 Å². The predicted octanol–water partition coefficient (Wildman–Crippen LogP) is 3.10. The Kier molecular flexibility index (Phi) is 2.78. The number of nitrogens with zero attached hydrogens (tertiary/aromatic N) is 1. The molecule has 0 aromatic heterocycles. The molecule has 0 atom stereocenters. The zero-order valence-corrected chi connectivity index (χ0v) is 9.51. The summed E-state index contributed by atoms with van der Waals surface area (Å²) in [7, 11) is 1.66. The number of hydrogen-bond donors (Lipinski definition) is 0. The first kappa shape index (κ1) is 10.2. The van der Waals surface area contributed by atoms with Gasteiger partial charge >= 0.3 is 0 Å². The van der Waals surface area contributed by atoms with Gasteiger partial charge in [-0.15, -0.1) is 0 Å². The largest absolute Gasteiger partial charge is 0.497 e. The molecule has 1 heterocycles. The van der Waals surface area contributed by atoms with Crippen LogP contribution in [0, 0.1) is 0 Å². The molecule has 0 bridgehead atoms. The van der Waals surface area contributed by atoms with Gasteiger partial charge in [0.1, 0.15) is 5.75 Å². The van der Waals surface area contributed by atoms with Gasteiger partial charge in [-0.25, -0.2) is 0 Å². The molecule has 2 nitrogen and oxygen atoms in total. The van der Waals surface area contributed by atoms with E-state index in [9.17, 15) is 0 Å². The van der Waals surface area contributed by atoms with Crippen LogP contribution in [0.25, 0.3) is 6.08 Å². The summed E-state index contributed by atoms with van der Waals surface area (Å²) in [4.78, 5) is 4.38. The van der Waals surface area contributed by atoms with E-state index in [4.69, 9.17) is 16.3 Å². The maximum atomic E-state index is 6.02. The maximum Gasteiger partial charge on any atom is 0.119 e. The molecule has 15 heavy (non-hydrogen) atoms. The van der Waals surface area contributed by atoms with Crippen LogP contribution in [-0.2, 0) is 0 Å². The fraction of sp³-hybridized carbons (Fsp3) is 0.250. The van der Waals surface area contributed by atoms with Crippen molar-refractivity contribution in [3.05, 3.63) is 34.4 Å². The van der Waals surface area contributed by atoms with E-state index < -0.39 is 0 Å². The Morgan fingerprint density at radius 2 is 2.20 bits per heavy atom. The van der Waals surface area contributed by atoms with Crippen molar-refractivity contribution in [2.75, 3.05) is 13.7 Å². The van der Waals surface area contributed by atoms with Gasteiger partial charge in [-0.2, -0.15) is 0 Å². The van der Waals surface area contributed by atoms with Gasteiger partial charge in [0.05, 0.1) is 13.7 Å². The summed E-state index contributed by atoms with van der Waals surface area (Å²) in [5, 5.41) is 0.751. The summed E-state index contributed by atoms with van der Waals surface area (Å²) >= 11 is 6.02. The summed E-state index contributed by atoms with van der Waals surface area (Å²) in [6, 6.07) is 5.92. The third kappa shape index (κ3) is 2.05. The molecule has 1 aliphatic rings. The number of methoxy groups -OCH3 is 1. The average Bonchev–Trinajstić information content (AvgIpc) is 2.38. The number of ether oxygens (including phenoxy) is 1. The molecule has 2 rings (SSSR count). The van der Waals surface area contributed by atoms with E-state index in [-0.39, 0.29) is 0 Å². The second kappa shape index (κ2) is 4.07. The number of fused-ring (bicyclic) bond motifs is 1. The molecule has 1 aromatic rings. The highest BCUT2D eigenvalue weighted by Crippen LogP contribution is 2.24. The van der Waals surface area contributed by atoms with Gasteiger partial charge < -0.3 is 4.74 Å². The van der Waals surface area contributed by atoms with Crippen molar-refractivity contribution in [2.45, 2.75) is 6.92 Å². The van der Waals surface area contributed by atoms with E-state index in [0.29, 0.717) is 6.54 Å². The molecule has 0 radical (unpaired) electrons. The first-order chi connectivity index (χ1) is 7.20. The summed E-state index contributed by atoms with van der Waals surface area (Å²) in [6.45, 7) is 2.55. The molecule has 1 aromatic carbocycles. The molecule has 0 unspecified atom stereocenters. The third-order valence-corrected chi connectivity index (χ3v) is 2.66. The van der Waals surface area contributed by atoms with Crippen LogP contribution in [0.5, 0.6) is 5.75 Å². The van der Waals surface area contributed by atoms with Crippen LogP contribution in [-0.4, -0.2) is 19.4 Å². The van der Waals surface area contributed by atoms with Crippen LogP contribution in [0.2, 0.25) is 0 Å². The molecular formula is C12H12ClNO. The standard InChI is InChI=1S/C12H12ClNO/c1-8-12-4-3-11(15-2)6-9(12)5-10(13)7-14-8/h3-6H,7H2,1-2H3. The Labute approximate surface area is 94.2 Å². The Balaban J connectivity index is 2.58. The molecule has 0 saturated carbocycles. The van der Waals surface area contributed by atoms with Crippen LogP contribution >= 0.6 is 11.6 Å². The third-order valence-electron chi connectivity index (χ3n) is 2.43. The molecule has 0 N–H and O–H groups in total. The highest BCUT2D eigenvalue weighted by molar-refractivity contribution is 6.32. The topological polar surface area (TPSA) is 21.6 Å². The monoisotopic (exact) mass is 221 g/mol. The molecule has 0 amide bonds. The Hall–Kier alpha value is -1.28. The second-order valence-electron chi connectivity index (χ2n) is 3.45. The van der Waals surface area contributed by atoms with Crippen molar-refractivity contribution >= 4 is 23.4 Å². The van der Waals surface area contributed by atoms with Gasteiger partial charge in [0.25, 0.3) is 0 Å². The summed E-state index contributed by atoms with van der Waals surface area (Å²) in [5.41, 5.74) is 3.20. The number of rotatable bonds is 1. The molecule has 1 aliphatic heterocycles. The predicted molar refractivity (Wildman–Crippen MR) is 63.9 cm³/mol. The zero-order chi connectivity index (χ0) is 10.8. The lowest BCUT2D eigenvalue weighted by atomic mass is 10.0. The quantitative estimate of drug-likeness (QED) is 0.714. The van der Waals surface area contributed by atoms with Crippen molar-refractivity contribution in [3.63, 3.8) is 0 Å². The van der Waals surface area contributed by atoms with Crippen molar-refractivity contribution in [1.82, 2.24) is 0 Å². The average molecular weight is 222 g/mol. The summed E-state index contributed by atoms with van der Waals surface area (Å²) in [6.07, 6.45) is 1.94. The van der Waals surface area contributed by atoms with E-state index >= 15 is 0 Å². The van der Waals surface area contributed by atoms with Gasteiger partial charge in [-0.1, -0.05) is 11.6 Å². The van der Waals surface area contributed by atoms with E-state index in [1.54, 1.807) is 7.11 Å². The van der Waals surface area contributed by atoms with E-state index in [2.05, 4.69) is 4.99 Å². The first-order valence-corrected chi connectivity index (χ1v) is 5.14. The van der Waals surface area contributed by atoms with Gasteiger partial charge in [0.2, 0.25) is 0 Å². The number of hydrogen-bond acceptors (Lipinski definition) is 2. The van der Waals surface area contributed by atoms with Crippen LogP contribution in [0.3, 0.4) is 0 Å². The normalized spacial score (nSPS) is 14.9. The zero-order valence-electron chi connectivity index (χ0n) is 8.75. The lowest BCUT2D eigenvalue weighted by Gasteiger charge is -2.06. The molecular weight excluding hydrogens is 210 g/mol. The minimum atomic E-state index is 0.560. The van der Waals surface area contributed by atoms with Gasteiger partial charge in [0, 0.05) is 16.3 Å². The van der Waals surface area contributed by atoms with Gasteiger partial charge in [0.15, 0.2) is 0 Å². The second-order valence-corrected chi connectivity index (χ2v) is 3.93. The minimum absolute atomic E-state index is 0.560. The fourth-order valence-electron chi connectivity index (χ4n) is 1.61. The van der Waals surface area contributed by atoms with Crippen molar-refractivity contribution in [1.29, 1.82) is 0 Å². The van der Waals surface area contributed by atoms with E-state index in [1.807, 2.05) is 31.2 Å². The lowest BCUT2D eigenvalue weighted by Crippen LogP contribution is -1.97. The van der Waals surface area contributed by atoms with Crippen molar-refractivity contribution < 1.29 is 4.74 Å². The first-order valence-electron chi connectivity index (χ1n) is 4.76. The molecule has 0 aliphatic carbocycles. The Morgan fingerprint density at radius 3 is 2.93 bits per heavy atom. The number of aliphatic imine (C=N–C) groups is 1. The molecule has 0 fully saturated rings.